The smallest absolute Gasteiger partial charge is 0.157 e. The Labute approximate surface area is 111 Å². The van der Waals surface area contributed by atoms with Crippen LogP contribution in [0.3, 0.4) is 0 Å². The lowest BCUT2D eigenvalue weighted by atomic mass is 10.2. The maximum Gasteiger partial charge on any atom is 0.157 e. The van der Waals surface area contributed by atoms with E-state index in [0.717, 1.165) is 5.69 Å². The maximum atomic E-state index is 8.67. The molecule has 1 aliphatic rings. The fraction of sp³-hybridized carbons (Fsp3) is 0. The monoisotopic (exact) mass is 254 g/mol. The van der Waals surface area contributed by atoms with Gasteiger partial charge in [0.2, 0.25) is 0 Å². The largest absolute Gasteiger partial charge is 0.504 e. The molecule has 0 spiro atoms. The molecule has 3 N–H and O–H groups in total. The summed E-state index contributed by atoms with van der Waals surface area (Å²) in [4.78, 5) is 0. The third-order valence-corrected chi connectivity index (χ3v) is 2.46. The molecule has 1 heterocycles. The number of nitrogens with one attached hydrogen (secondary N) is 1. The molecule has 0 amide bonds. The zero-order chi connectivity index (χ0) is 13.5. The Hall–Kier alpha value is -2.75. The molecule has 1 aliphatic heterocycles. The molecule has 0 saturated carbocycles. The van der Waals surface area contributed by atoms with Gasteiger partial charge in [0.1, 0.15) is 0 Å². The van der Waals surface area contributed by atoms with Crippen molar-refractivity contribution in [3.63, 3.8) is 0 Å². The number of anilines is 1. The van der Waals surface area contributed by atoms with Gasteiger partial charge in [0, 0.05) is 6.21 Å². The van der Waals surface area contributed by atoms with E-state index in [1.165, 1.54) is 17.7 Å². The topological polar surface area (TPSA) is 64.9 Å². The molecule has 0 unspecified atom stereocenters. The number of allylic oxidation sites excluding steroid dienone is 1. The highest BCUT2D eigenvalue weighted by molar-refractivity contribution is 5.83. The average Bonchev–Trinajstić information content (AvgIpc) is 2.68. The molecular weight excluding hydrogens is 240 g/mol. The van der Waals surface area contributed by atoms with Crippen LogP contribution in [0.5, 0.6) is 11.5 Å². The van der Waals surface area contributed by atoms with Crippen molar-refractivity contribution in [2.24, 2.45) is 5.10 Å². The van der Waals surface area contributed by atoms with Gasteiger partial charge in [0.15, 0.2) is 11.5 Å². The predicted octanol–water partition coefficient (Wildman–Crippen LogP) is 3.21. The molecule has 4 nitrogen and oxygen atoms in total. The molecule has 0 aliphatic carbocycles. The van der Waals surface area contributed by atoms with Crippen molar-refractivity contribution in [2.45, 2.75) is 0 Å². The number of hydrogen-bond acceptors (Lipinski definition) is 4. The molecule has 4 heteroatoms. The van der Waals surface area contributed by atoms with E-state index in [1.54, 1.807) is 18.3 Å². The van der Waals surface area contributed by atoms with Crippen LogP contribution in [0.15, 0.2) is 59.7 Å². The molecule has 3 rings (SSSR count). The Morgan fingerprint density at radius 1 is 0.842 bits per heavy atom. The van der Waals surface area contributed by atoms with Crippen LogP contribution in [-0.2, 0) is 0 Å². The molecule has 2 aromatic carbocycles. The zero-order valence-corrected chi connectivity index (χ0v) is 10.2. The van der Waals surface area contributed by atoms with Crippen molar-refractivity contribution >= 4 is 18.0 Å². The van der Waals surface area contributed by atoms with Crippen LogP contribution in [0.25, 0.3) is 6.08 Å². The number of rotatable bonds is 0. The molecule has 96 valence electrons. The van der Waals surface area contributed by atoms with Gasteiger partial charge in [-0.25, -0.2) is 0 Å². The Morgan fingerprint density at radius 3 is 2.16 bits per heavy atom. The number of nitrogens with zero attached hydrogens (tertiary/aromatic N) is 1. The minimum Gasteiger partial charge on any atom is -0.504 e. The van der Waals surface area contributed by atoms with Gasteiger partial charge in [-0.1, -0.05) is 36.4 Å². The molecule has 0 radical (unpaired) electrons. The lowest BCUT2D eigenvalue weighted by Crippen LogP contribution is -1.87. The number of fused-ring (bicyclic) bond motifs is 1. The van der Waals surface area contributed by atoms with E-state index in [1.807, 2.05) is 36.4 Å². The maximum absolute atomic E-state index is 8.67. The van der Waals surface area contributed by atoms with Crippen molar-refractivity contribution in [1.82, 2.24) is 0 Å². The van der Waals surface area contributed by atoms with Crippen LogP contribution in [0.4, 0.5) is 5.69 Å². The third kappa shape index (κ3) is 3.61. The van der Waals surface area contributed by atoms with Gasteiger partial charge in [-0.3, -0.25) is 5.43 Å². The summed E-state index contributed by atoms with van der Waals surface area (Å²) in [6, 6.07) is 14.2. The normalized spacial score (nSPS) is 11.6. The van der Waals surface area contributed by atoms with E-state index in [4.69, 9.17) is 10.2 Å². The number of benzene rings is 2. The van der Waals surface area contributed by atoms with Gasteiger partial charge in [-0.2, -0.15) is 5.10 Å². The molecule has 0 bridgehead atoms. The number of hydrogen-bond donors (Lipinski definition) is 3. The van der Waals surface area contributed by atoms with Crippen LogP contribution in [-0.4, -0.2) is 16.4 Å². The highest BCUT2D eigenvalue weighted by atomic mass is 16.3. The molecule has 0 atom stereocenters. The summed E-state index contributed by atoms with van der Waals surface area (Å²) >= 11 is 0. The fourth-order valence-electron chi connectivity index (χ4n) is 1.50. The molecule has 0 aromatic heterocycles. The average molecular weight is 254 g/mol. The van der Waals surface area contributed by atoms with Crippen molar-refractivity contribution < 1.29 is 10.2 Å². The second kappa shape index (κ2) is 6.26. The third-order valence-electron chi connectivity index (χ3n) is 2.46. The molecule has 2 aromatic rings. The van der Waals surface area contributed by atoms with E-state index in [9.17, 15) is 0 Å². The second-order valence-electron chi connectivity index (χ2n) is 3.83. The summed E-state index contributed by atoms with van der Waals surface area (Å²) in [5.74, 6) is -0.153. The van der Waals surface area contributed by atoms with Crippen LogP contribution >= 0.6 is 0 Å². The van der Waals surface area contributed by atoms with E-state index >= 15 is 0 Å². The molecule has 19 heavy (non-hydrogen) atoms. The Kier molecular flexibility index (Phi) is 4.18. The van der Waals surface area contributed by atoms with Crippen LogP contribution in [0.1, 0.15) is 5.56 Å². The number of hydrazone groups is 1. The number of phenols is 2. The van der Waals surface area contributed by atoms with Gasteiger partial charge in [-0.05, 0) is 29.8 Å². The Balaban J connectivity index is 0.000000148. The van der Waals surface area contributed by atoms with Gasteiger partial charge in [0.25, 0.3) is 0 Å². The first-order valence-electron chi connectivity index (χ1n) is 5.79. The fourth-order valence-corrected chi connectivity index (χ4v) is 1.50. The van der Waals surface area contributed by atoms with Gasteiger partial charge in [-0.15, -0.1) is 0 Å². The van der Waals surface area contributed by atoms with Crippen LogP contribution < -0.4 is 5.43 Å². The first-order chi connectivity index (χ1) is 9.27. The SMILES string of the molecule is C1=Cc2ccccc2NN=C1.Oc1ccccc1O. The van der Waals surface area contributed by atoms with Crippen molar-refractivity contribution in [3.05, 3.63) is 60.2 Å². The van der Waals surface area contributed by atoms with Crippen molar-refractivity contribution in [3.8, 4) is 11.5 Å². The van der Waals surface area contributed by atoms with E-state index in [0.29, 0.717) is 0 Å². The van der Waals surface area contributed by atoms with Gasteiger partial charge in [0.05, 0.1) is 5.69 Å². The quantitative estimate of drug-likeness (QED) is 0.632. The summed E-state index contributed by atoms with van der Waals surface area (Å²) in [5.41, 5.74) is 5.16. The molecule has 0 fully saturated rings. The van der Waals surface area contributed by atoms with Gasteiger partial charge >= 0.3 is 0 Å². The standard InChI is InChI=1S/C9H8N2.C6H6O2/c1-2-6-9-8(4-1)5-3-7-10-11-9;7-5-3-1-2-4-6(5)8/h1-7,11H;1-4,7-8H. The van der Waals surface area contributed by atoms with Gasteiger partial charge < -0.3 is 10.2 Å². The zero-order valence-electron chi connectivity index (χ0n) is 10.2. The minimum atomic E-state index is -0.0764. The highest BCUT2D eigenvalue weighted by Crippen LogP contribution is 2.21. The first-order valence-corrected chi connectivity index (χ1v) is 5.79. The van der Waals surface area contributed by atoms with Crippen molar-refractivity contribution in [1.29, 1.82) is 0 Å². The number of phenolic OH excluding ortho intramolecular Hbond substituents is 2. The van der Waals surface area contributed by atoms with Crippen LogP contribution in [0, 0.1) is 0 Å². The summed E-state index contributed by atoms with van der Waals surface area (Å²) in [5, 5.41) is 21.3. The summed E-state index contributed by atoms with van der Waals surface area (Å²) < 4.78 is 0. The van der Waals surface area contributed by atoms with E-state index in [-0.39, 0.29) is 11.5 Å². The number of para-hydroxylation sites is 3. The van der Waals surface area contributed by atoms with E-state index < -0.39 is 0 Å². The summed E-state index contributed by atoms with van der Waals surface area (Å²) in [7, 11) is 0. The predicted molar refractivity (Wildman–Crippen MR) is 77.4 cm³/mol. The Morgan fingerprint density at radius 2 is 1.47 bits per heavy atom. The highest BCUT2D eigenvalue weighted by Gasteiger charge is 1.96. The molecular formula is C15H14N2O2. The summed E-state index contributed by atoms with van der Waals surface area (Å²) in [6.45, 7) is 0. The lowest BCUT2D eigenvalue weighted by Gasteiger charge is -2.00. The number of aromatic hydroxyl groups is 2. The first kappa shape index (κ1) is 12.7. The second-order valence-corrected chi connectivity index (χ2v) is 3.83. The Bertz CT molecular complexity index is 586. The minimum absolute atomic E-state index is 0.0764. The lowest BCUT2D eigenvalue weighted by molar-refractivity contribution is 0.404. The van der Waals surface area contributed by atoms with E-state index in [2.05, 4.69) is 10.5 Å². The van der Waals surface area contributed by atoms with Crippen LogP contribution in [0.2, 0.25) is 0 Å². The summed E-state index contributed by atoms with van der Waals surface area (Å²) in [6.07, 6.45) is 5.68. The van der Waals surface area contributed by atoms with Crippen molar-refractivity contribution in [2.75, 3.05) is 5.43 Å². The molecule has 0 saturated heterocycles.